The molecule has 0 atom stereocenters. The predicted molar refractivity (Wildman–Crippen MR) is 117 cm³/mol. The van der Waals surface area contributed by atoms with Crippen LogP contribution in [0.2, 0.25) is 0 Å². The van der Waals surface area contributed by atoms with Crippen molar-refractivity contribution in [3.8, 4) is 0 Å². The molecule has 4 rings (SSSR count). The molecule has 31 heavy (non-hydrogen) atoms. The fourth-order valence-electron chi connectivity index (χ4n) is 4.23. The van der Waals surface area contributed by atoms with Crippen molar-refractivity contribution >= 4 is 21.9 Å². The summed E-state index contributed by atoms with van der Waals surface area (Å²) in [6.45, 7) is 7.13. The maximum atomic E-state index is 13.4. The van der Waals surface area contributed by atoms with Gasteiger partial charge in [-0.25, -0.2) is 18.4 Å². The number of sulfonamides is 1. The molecule has 0 radical (unpaired) electrons. The molecular weight excluding hydrogens is 416 g/mol. The van der Waals surface area contributed by atoms with Crippen molar-refractivity contribution in [2.24, 2.45) is 13.0 Å². The van der Waals surface area contributed by atoms with Gasteiger partial charge in [-0.05, 0) is 37.8 Å². The Kier molecular flexibility index (Phi) is 6.02. The number of amides is 1. The Morgan fingerprint density at radius 2 is 1.65 bits per heavy atom. The average molecular weight is 447 g/mol. The summed E-state index contributed by atoms with van der Waals surface area (Å²) >= 11 is 0. The van der Waals surface area contributed by atoms with Gasteiger partial charge in [0, 0.05) is 64.4 Å². The number of carbonyl (C=O) groups excluding carboxylic acids is 1. The molecule has 2 aliphatic heterocycles. The van der Waals surface area contributed by atoms with Crippen molar-refractivity contribution < 1.29 is 13.2 Å². The van der Waals surface area contributed by atoms with Crippen molar-refractivity contribution in [3.63, 3.8) is 0 Å². The normalized spacial score (nSPS) is 19.1. The third-order valence-corrected chi connectivity index (χ3v) is 8.48. The lowest BCUT2D eigenvalue weighted by molar-refractivity contribution is 0.0687. The van der Waals surface area contributed by atoms with Crippen LogP contribution in [0.1, 0.15) is 35.9 Å². The Morgan fingerprint density at radius 1 is 1.03 bits per heavy atom. The molecule has 0 saturated carbocycles. The Balaban J connectivity index is 1.51. The smallest absolute Gasteiger partial charge is 0.270 e. The van der Waals surface area contributed by atoms with Gasteiger partial charge < -0.3 is 14.4 Å². The number of hydrogen-bond donors (Lipinski definition) is 0. The van der Waals surface area contributed by atoms with E-state index in [0.29, 0.717) is 49.4 Å². The van der Waals surface area contributed by atoms with Gasteiger partial charge in [-0.3, -0.25) is 4.79 Å². The highest BCUT2D eigenvalue weighted by Crippen LogP contribution is 2.26. The van der Waals surface area contributed by atoms with E-state index in [1.165, 1.54) is 4.31 Å². The van der Waals surface area contributed by atoms with Gasteiger partial charge in [0.1, 0.15) is 10.6 Å². The molecule has 0 spiro atoms. The first-order valence-corrected chi connectivity index (χ1v) is 12.2. The van der Waals surface area contributed by atoms with E-state index < -0.39 is 10.0 Å². The highest BCUT2D eigenvalue weighted by atomic mass is 32.2. The Hall–Kier alpha value is -2.46. The summed E-state index contributed by atoms with van der Waals surface area (Å²) in [5.74, 6) is 1.14. The lowest BCUT2D eigenvalue weighted by Crippen LogP contribution is -2.49. The zero-order chi connectivity index (χ0) is 22.2. The van der Waals surface area contributed by atoms with Crippen LogP contribution in [0.25, 0.3) is 0 Å². The quantitative estimate of drug-likeness (QED) is 0.707. The van der Waals surface area contributed by atoms with Crippen molar-refractivity contribution in [3.05, 3.63) is 35.9 Å². The zero-order valence-corrected chi connectivity index (χ0v) is 19.2. The summed E-state index contributed by atoms with van der Waals surface area (Å²) in [5, 5.41) is 0. The Bertz CT molecular complexity index is 1040. The zero-order valence-electron chi connectivity index (χ0n) is 18.4. The van der Waals surface area contributed by atoms with E-state index in [1.807, 2.05) is 9.80 Å². The first-order chi connectivity index (χ1) is 14.8. The molecule has 4 heterocycles. The van der Waals surface area contributed by atoms with E-state index in [4.69, 9.17) is 0 Å². The van der Waals surface area contributed by atoms with Gasteiger partial charge in [-0.15, -0.1) is 0 Å². The lowest BCUT2D eigenvalue weighted by atomic mass is 9.99. The van der Waals surface area contributed by atoms with Crippen LogP contribution in [0.3, 0.4) is 0 Å². The third kappa shape index (κ3) is 4.18. The molecule has 168 valence electrons. The highest BCUT2D eigenvalue weighted by molar-refractivity contribution is 7.89. The average Bonchev–Trinajstić information content (AvgIpc) is 3.10. The minimum absolute atomic E-state index is 0.0926. The summed E-state index contributed by atoms with van der Waals surface area (Å²) in [4.78, 5) is 25.6. The Morgan fingerprint density at radius 3 is 2.26 bits per heavy atom. The second-order valence-corrected chi connectivity index (χ2v) is 10.4. The van der Waals surface area contributed by atoms with E-state index in [1.54, 1.807) is 43.1 Å². The number of aromatic nitrogens is 3. The number of anilines is 1. The molecule has 0 aliphatic carbocycles. The van der Waals surface area contributed by atoms with E-state index in [-0.39, 0.29) is 10.8 Å². The molecule has 0 unspecified atom stereocenters. The first-order valence-electron chi connectivity index (χ1n) is 10.8. The van der Waals surface area contributed by atoms with E-state index in [2.05, 4.69) is 16.9 Å². The van der Waals surface area contributed by atoms with Crippen LogP contribution in [-0.2, 0) is 17.1 Å². The number of piperazine rings is 1. The number of carbonyl (C=O) groups is 1. The maximum absolute atomic E-state index is 13.4. The molecule has 2 aliphatic rings. The van der Waals surface area contributed by atoms with Crippen LogP contribution >= 0.6 is 0 Å². The van der Waals surface area contributed by atoms with E-state index in [9.17, 15) is 13.2 Å². The van der Waals surface area contributed by atoms with Crippen molar-refractivity contribution in [2.45, 2.75) is 31.6 Å². The molecule has 0 N–H and O–H groups in total. The number of nitrogens with zero attached hydrogens (tertiary/aromatic N) is 6. The topological polar surface area (TPSA) is 91.6 Å². The van der Waals surface area contributed by atoms with Gasteiger partial charge >= 0.3 is 0 Å². The molecule has 0 bridgehead atoms. The molecule has 9 nitrogen and oxygen atoms in total. The number of likely N-dealkylation sites (tertiary alicyclic amines) is 1. The van der Waals surface area contributed by atoms with Crippen molar-refractivity contribution in [1.82, 2.24) is 23.7 Å². The van der Waals surface area contributed by atoms with E-state index in [0.717, 1.165) is 25.9 Å². The monoisotopic (exact) mass is 446 g/mol. The minimum atomic E-state index is -3.70. The second-order valence-electron chi connectivity index (χ2n) is 8.45. The van der Waals surface area contributed by atoms with Crippen LogP contribution in [0, 0.1) is 12.8 Å². The molecule has 2 aromatic heterocycles. The van der Waals surface area contributed by atoms with Crippen LogP contribution < -0.4 is 4.90 Å². The minimum Gasteiger partial charge on any atom is -0.343 e. The molecule has 2 aromatic rings. The Labute approximate surface area is 183 Å². The first kappa shape index (κ1) is 21.8. The third-order valence-electron chi connectivity index (χ3n) is 6.47. The molecule has 0 aromatic carbocycles. The summed E-state index contributed by atoms with van der Waals surface area (Å²) in [6.07, 6.45) is 5.33. The van der Waals surface area contributed by atoms with Crippen LogP contribution in [-0.4, -0.2) is 77.3 Å². The standard InChI is InChI=1S/C21H30N6O3S/c1-16-5-9-25(10-6-16)20(28)18-15-19(17(2)24(18)3)31(29,30)27-13-11-26(12-14-27)21-22-7-4-8-23-21/h4,7-8,15-16H,5-6,9-14H2,1-3H3. The molecular formula is C21H30N6O3S. The number of rotatable bonds is 4. The number of piperidine rings is 1. The summed E-state index contributed by atoms with van der Waals surface area (Å²) in [7, 11) is -1.94. The number of hydrogen-bond acceptors (Lipinski definition) is 6. The summed E-state index contributed by atoms with van der Waals surface area (Å²) < 4.78 is 30.0. The second kappa shape index (κ2) is 8.58. The molecule has 1 amide bonds. The molecule has 10 heteroatoms. The summed E-state index contributed by atoms with van der Waals surface area (Å²) in [5.41, 5.74) is 1.02. The predicted octanol–water partition coefficient (Wildman–Crippen LogP) is 1.51. The van der Waals surface area contributed by atoms with Gasteiger partial charge in [-0.2, -0.15) is 4.31 Å². The summed E-state index contributed by atoms with van der Waals surface area (Å²) in [6, 6.07) is 3.31. The maximum Gasteiger partial charge on any atom is 0.270 e. The molecule has 2 fully saturated rings. The molecule has 2 saturated heterocycles. The highest BCUT2D eigenvalue weighted by Gasteiger charge is 2.34. The lowest BCUT2D eigenvalue weighted by Gasteiger charge is -2.33. The largest absolute Gasteiger partial charge is 0.343 e. The van der Waals surface area contributed by atoms with Gasteiger partial charge in [0.25, 0.3) is 5.91 Å². The van der Waals surface area contributed by atoms with Crippen LogP contribution in [0.4, 0.5) is 5.95 Å². The fraction of sp³-hybridized carbons (Fsp3) is 0.571. The fourth-order valence-corrected chi connectivity index (χ4v) is 5.93. The van der Waals surface area contributed by atoms with Crippen molar-refractivity contribution in [1.29, 1.82) is 0 Å². The van der Waals surface area contributed by atoms with E-state index >= 15 is 0 Å². The van der Waals surface area contributed by atoms with Gasteiger partial charge in [0.2, 0.25) is 16.0 Å². The SMILES string of the molecule is Cc1c(S(=O)(=O)N2CCN(c3ncccn3)CC2)cc(C(=O)N2CCC(C)CC2)n1C. The van der Waals surface area contributed by atoms with Gasteiger partial charge in [0.15, 0.2) is 0 Å². The van der Waals surface area contributed by atoms with Crippen LogP contribution in [0.15, 0.2) is 29.4 Å². The van der Waals surface area contributed by atoms with Crippen molar-refractivity contribution in [2.75, 3.05) is 44.2 Å². The van der Waals surface area contributed by atoms with Gasteiger partial charge in [-0.1, -0.05) is 6.92 Å². The van der Waals surface area contributed by atoms with Gasteiger partial charge in [0.05, 0.1) is 0 Å². The van der Waals surface area contributed by atoms with Crippen LogP contribution in [0.5, 0.6) is 0 Å².